The Kier molecular flexibility index (Phi) is 3.54. The van der Waals surface area contributed by atoms with Crippen LogP contribution in [0, 0.1) is 0 Å². The van der Waals surface area contributed by atoms with Gasteiger partial charge >= 0.3 is 0 Å². The second-order valence-electron chi connectivity index (χ2n) is 5.47. The predicted octanol–water partition coefficient (Wildman–Crippen LogP) is 4.69. The maximum absolute atomic E-state index is 3.72. The van der Waals surface area contributed by atoms with Gasteiger partial charge in [0.15, 0.2) is 0 Å². The van der Waals surface area contributed by atoms with Crippen molar-refractivity contribution in [2.75, 3.05) is 5.32 Å². The largest absolute Gasteiger partial charge is 0.382 e. The second-order valence-corrected chi connectivity index (χ2v) is 5.47. The second kappa shape index (κ2) is 5.47. The van der Waals surface area contributed by atoms with Gasteiger partial charge in [0, 0.05) is 28.8 Å². The van der Waals surface area contributed by atoms with E-state index in [1.54, 1.807) is 0 Å². The first-order valence-corrected chi connectivity index (χ1v) is 7.25. The molecule has 0 saturated heterocycles. The van der Waals surface area contributed by atoms with Gasteiger partial charge < -0.3 is 10.3 Å². The van der Waals surface area contributed by atoms with Crippen LogP contribution in [0.5, 0.6) is 0 Å². The van der Waals surface area contributed by atoms with Gasteiger partial charge in [-0.15, -0.1) is 0 Å². The minimum atomic E-state index is 0.668. The van der Waals surface area contributed by atoms with Crippen LogP contribution in [0.15, 0.2) is 30.5 Å². The Labute approximate surface area is 109 Å². The molecule has 0 amide bonds. The number of anilines is 1. The van der Waals surface area contributed by atoms with Gasteiger partial charge in [-0.05, 0) is 37.1 Å². The van der Waals surface area contributed by atoms with Crippen molar-refractivity contribution in [2.24, 2.45) is 0 Å². The zero-order valence-electron chi connectivity index (χ0n) is 10.9. The molecule has 0 aliphatic heterocycles. The molecular weight excluding hydrogens is 220 g/mol. The standard InChI is InChI=1S/C16H22N2/c1-2-4-6-14(7-5-3-1)18-15-8-9-16-13(12-15)10-11-17-16/h8-12,14,17-18H,1-7H2. The Morgan fingerprint density at radius 3 is 2.56 bits per heavy atom. The number of nitrogens with one attached hydrogen (secondary N) is 2. The van der Waals surface area contributed by atoms with Crippen molar-refractivity contribution < 1.29 is 0 Å². The highest BCUT2D eigenvalue weighted by atomic mass is 14.9. The summed E-state index contributed by atoms with van der Waals surface area (Å²) in [6.45, 7) is 0. The number of aromatic amines is 1. The Hall–Kier alpha value is -1.44. The fourth-order valence-electron chi connectivity index (χ4n) is 2.98. The molecule has 2 aromatic rings. The molecule has 2 nitrogen and oxygen atoms in total. The Balaban J connectivity index is 1.69. The van der Waals surface area contributed by atoms with E-state index in [1.165, 1.54) is 61.5 Å². The molecule has 1 heterocycles. The van der Waals surface area contributed by atoms with Crippen molar-refractivity contribution in [3.8, 4) is 0 Å². The molecule has 3 rings (SSSR count). The summed E-state index contributed by atoms with van der Waals surface area (Å²) in [6.07, 6.45) is 11.7. The van der Waals surface area contributed by atoms with Gasteiger partial charge in [-0.2, -0.15) is 0 Å². The summed E-state index contributed by atoms with van der Waals surface area (Å²) in [4.78, 5) is 3.24. The van der Waals surface area contributed by atoms with Crippen molar-refractivity contribution in [1.82, 2.24) is 4.98 Å². The molecule has 1 aliphatic carbocycles. The molecule has 0 radical (unpaired) electrons. The summed E-state index contributed by atoms with van der Waals surface area (Å²) in [5.41, 5.74) is 2.49. The van der Waals surface area contributed by atoms with Crippen molar-refractivity contribution >= 4 is 16.6 Å². The van der Waals surface area contributed by atoms with Gasteiger partial charge in [-0.1, -0.05) is 32.1 Å². The van der Waals surface area contributed by atoms with Crippen LogP contribution in [0.1, 0.15) is 44.9 Å². The summed E-state index contributed by atoms with van der Waals surface area (Å²) < 4.78 is 0. The zero-order chi connectivity index (χ0) is 12.2. The van der Waals surface area contributed by atoms with E-state index in [9.17, 15) is 0 Å². The average molecular weight is 242 g/mol. The summed E-state index contributed by atoms with van der Waals surface area (Å²) in [7, 11) is 0. The number of rotatable bonds is 2. The van der Waals surface area contributed by atoms with E-state index in [-0.39, 0.29) is 0 Å². The van der Waals surface area contributed by atoms with Crippen LogP contribution < -0.4 is 5.32 Å². The molecule has 18 heavy (non-hydrogen) atoms. The Bertz CT molecular complexity index is 493. The summed E-state index contributed by atoms with van der Waals surface area (Å²) in [6, 6.07) is 9.42. The maximum atomic E-state index is 3.72. The molecule has 1 fully saturated rings. The molecule has 2 N–H and O–H groups in total. The predicted molar refractivity (Wildman–Crippen MR) is 78.0 cm³/mol. The van der Waals surface area contributed by atoms with Crippen LogP contribution >= 0.6 is 0 Å². The summed E-state index contributed by atoms with van der Waals surface area (Å²) in [5.74, 6) is 0. The smallest absolute Gasteiger partial charge is 0.0455 e. The van der Waals surface area contributed by atoms with Crippen molar-refractivity contribution in [1.29, 1.82) is 0 Å². The van der Waals surface area contributed by atoms with E-state index >= 15 is 0 Å². The monoisotopic (exact) mass is 242 g/mol. The zero-order valence-corrected chi connectivity index (χ0v) is 10.9. The topological polar surface area (TPSA) is 27.8 Å². The van der Waals surface area contributed by atoms with E-state index in [0.29, 0.717) is 6.04 Å². The van der Waals surface area contributed by atoms with E-state index in [4.69, 9.17) is 0 Å². The highest BCUT2D eigenvalue weighted by molar-refractivity contribution is 5.83. The normalized spacial score (nSPS) is 18.4. The molecule has 2 heteroatoms. The lowest BCUT2D eigenvalue weighted by atomic mass is 9.96. The van der Waals surface area contributed by atoms with Crippen LogP contribution in [0.2, 0.25) is 0 Å². The lowest BCUT2D eigenvalue weighted by Gasteiger charge is -2.22. The lowest BCUT2D eigenvalue weighted by molar-refractivity contribution is 0.471. The van der Waals surface area contributed by atoms with Crippen LogP contribution in [0.4, 0.5) is 5.69 Å². The number of benzene rings is 1. The van der Waals surface area contributed by atoms with Gasteiger partial charge in [0.25, 0.3) is 0 Å². The molecule has 0 unspecified atom stereocenters. The van der Waals surface area contributed by atoms with E-state index < -0.39 is 0 Å². The van der Waals surface area contributed by atoms with Gasteiger partial charge in [0.05, 0.1) is 0 Å². The Morgan fingerprint density at radius 2 is 1.72 bits per heavy atom. The molecule has 1 saturated carbocycles. The third-order valence-electron chi connectivity index (χ3n) is 4.03. The van der Waals surface area contributed by atoms with Crippen LogP contribution in [0.3, 0.4) is 0 Å². The molecule has 96 valence electrons. The SMILES string of the molecule is c1cc2cc(NC3CCCCCCC3)ccc2[nH]1. The van der Waals surface area contributed by atoms with Crippen molar-refractivity contribution in [3.63, 3.8) is 0 Å². The Morgan fingerprint density at radius 1 is 0.944 bits per heavy atom. The van der Waals surface area contributed by atoms with Gasteiger partial charge in [-0.25, -0.2) is 0 Å². The lowest BCUT2D eigenvalue weighted by Crippen LogP contribution is -2.20. The third kappa shape index (κ3) is 2.69. The first-order chi connectivity index (χ1) is 8.92. The van der Waals surface area contributed by atoms with Crippen LogP contribution in [-0.2, 0) is 0 Å². The molecule has 0 atom stereocenters. The first-order valence-electron chi connectivity index (χ1n) is 7.25. The first kappa shape index (κ1) is 11.6. The minimum absolute atomic E-state index is 0.668. The number of fused-ring (bicyclic) bond motifs is 1. The fraction of sp³-hybridized carbons (Fsp3) is 0.500. The highest BCUT2D eigenvalue weighted by Crippen LogP contribution is 2.23. The van der Waals surface area contributed by atoms with Crippen LogP contribution in [0.25, 0.3) is 10.9 Å². The van der Waals surface area contributed by atoms with Gasteiger partial charge in [-0.3, -0.25) is 0 Å². The molecule has 0 spiro atoms. The van der Waals surface area contributed by atoms with Crippen LogP contribution in [-0.4, -0.2) is 11.0 Å². The fourth-order valence-corrected chi connectivity index (χ4v) is 2.98. The number of aromatic nitrogens is 1. The molecular formula is C16H22N2. The van der Waals surface area contributed by atoms with Gasteiger partial charge in [0.2, 0.25) is 0 Å². The van der Waals surface area contributed by atoms with Crippen molar-refractivity contribution in [2.45, 2.75) is 51.0 Å². The molecule has 0 bridgehead atoms. The molecule has 1 aliphatic rings. The summed E-state index contributed by atoms with van der Waals surface area (Å²) >= 11 is 0. The number of H-pyrrole nitrogens is 1. The maximum Gasteiger partial charge on any atom is 0.0455 e. The molecule has 1 aromatic heterocycles. The number of hydrogen-bond acceptors (Lipinski definition) is 1. The third-order valence-corrected chi connectivity index (χ3v) is 4.03. The van der Waals surface area contributed by atoms with E-state index in [1.807, 2.05) is 6.20 Å². The quantitative estimate of drug-likeness (QED) is 0.785. The minimum Gasteiger partial charge on any atom is -0.382 e. The number of hydrogen-bond donors (Lipinski definition) is 2. The van der Waals surface area contributed by atoms with E-state index in [0.717, 1.165) is 0 Å². The summed E-state index contributed by atoms with van der Waals surface area (Å²) in [5, 5.41) is 5.01. The average Bonchev–Trinajstić information content (AvgIpc) is 2.79. The molecule has 1 aromatic carbocycles. The highest BCUT2D eigenvalue weighted by Gasteiger charge is 2.11. The van der Waals surface area contributed by atoms with Gasteiger partial charge in [0.1, 0.15) is 0 Å². The van der Waals surface area contributed by atoms with E-state index in [2.05, 4.69) is 34.6 Å². The van der Waals surface area contributed by atoms with Crippen molar-refractivity contribution in [3.05, 3.63) is 30.5 Å².